The molecule has 0 saturated heterocycles. The third kappa shape index (κ3) is 1.65. The maximum Gasteiger partial charge on any atom is 0.316 e. The normalized spacial score (nSPS) is 27.2. The van der Waals surface area contributed by atoms with Crippen LogP contribution in [-0.4, -0.2) is 18.9 Å². The Hall–Kier alpha value is -0.860. The first kappa shape index (κ1) is 9.23. The minimum atomic E-state index is -0.509. The van der Waals surface area contributed by atoms with Crippen LogP contribution in [0.2, 0.25) is 0 Å². The Morgan fingerprint density at radius 1 is 1.58 bits per heavy atom. The van der Waals surface area contributed by atoms with E-state index in [0.717, 1.165) is 0 Å². The van der Waals surface area contributed by atoms with Crippen molar-refractivity contribution < 1.29 is 14.3 Å². The van der Waals surface area contributed by atoms with Crippen LogP contribution in [0.15, 0.2) is 0 Å². The van der Waals surface area contributed by atoms with Crippen LogP contribution in [0.1, 0.15) is 26.7 Å². The number of ketones is 1. The first-order chi connectivity index (χ1) is 5.46. The summed E-state index contributed by atoms with van der Waals surface area (Å²) in [6.07, 6.45) is 1.12. The van der Waals surface area contributed by atoms with Gasteiger partial charge in [-0.15, -0.1) is 0 Å². The lowest BCUT2D eigenvalue weighted by Gasteiger charge is -2.14. The molecule has 0 N–H and O–H groups in total. The van der Waals surface area contributed by atoms with Crippen molar-refractivity contribution in [1.29, 1.82) is 0 Å². The smallest absolute Gasteiger partial charge is 0.316 e. The molecule has 0 aromatic rings. The Morgan fingerprint density at radius 3 is 2.50 bits per heavy atom. The van der Waals surface area contributed by atoms with Crippen LogP contribution < -0.4 is 0 Å². The second-order valence-electron chi connectivity index (χ2n) is 4.09. The number of hydrogen-bond donors (Lipinski definition) is 0. The van der Waals surface area contributed by atoms with Crippen molar-refractivity contribution in [3.63, 3.8) is 0 Å². The lowest BCUT2D eigenvalue weighted by molar-refractivity contribution is -0.148. The van der Waals surface area contributed by atoms with Crippen molar-refractivity contribution in [3.8, 4) is 0 Å². The Morgan fingerprint density at radius 2 is 2.17 bits per heavy atom. The Labute approximate surface area is 72.1 Å². The number of methoxy groups -OCH3 is 1. The van der Waals surface area contributed by atoms with Crippen molar-refractivity contribution in [2.24, 2.45) is 11.3 Å². The van der Waals surface area contributed by atoms with Gasteiger partial charge in [0.25, 0.3) is 0 Å². The van der Waals surface area contributed by atoms with Crippen LogP contribution >= 0.6 is 0 Å². The lowest BCUT2D eigenvalue weighted by atomic mass is 9.91. The molecule has 0 aliphatic heterocycles. The molecule has 1 rings (SSSR count). The van der Waals surface area contributed by atoms with Crippen LogP contribution in [0.25, 0.3) is 0 Å². The molecule has 0 spiro atoms. The van der Waals surface area contributed by atoms with E-state index in [1.807, 2.05) is 13.8 Å². The number of esters is 1. The Kier molecular flexibility index (Phi) is 2.22. The molecule has 1 aliphatic carbocycles. The van der Waals surface area contributed by atoms with Crippen molar-refractivity contribution in [1.82, 2.24) is 0 Å². The Balaban J connectivity index is 2.71. The maximum atomic E-state index is 11.3. The molecule has 0 heterocycles. The fraction of sp³-hybridized carbons (Fsp3) is 0.778. The van der Waals surface area contributed by atoms with Crippen LogP contribution in [0.3, 0.4) is 0 Å². The molecule has 68 valence electrons. The standard InChI is InChI=1S/C9H14O3/c1-9(2)4-6(7(10)5-9)8(11)12-3/h6H,4-5H2,1-3H3/t6-/m1/s1. The third-order valence-corrected chi connectivity index (χ3v) is 2.28. The summed E-state index contributed by atoms with van der Waals surface area (Å²) in [6.45, 7) is 3.99. The molecule has 12 heavy (non-hydrogen) atoms. The van der Waals surface area contributed by atoms with E-state index in [1.54, 1.807) is 0 Å². The SMILES string of the molecule is COC(=O)[C@@H]1CC(C)(C)CC1=O. The van der Waals surface area contributed by atoms with Gasteiger partial charge in [-0.3, -0.25) is 9.59 Å². The molecule has 1 saturated carbocycles. The summed E-state index contributed by atoms with van der Waals surface area (Å²) in [5.74, 6) is -0.873. The molecule has 0 unspecified atom stereocenters. The van der Waals surface area contributed by atoms with E-state index < -0.39 is 5.92 Å². The summed E-state index contributed by atoms with van der Waals surface area (Å²) in [4.78, 5) is 22.4. The largest absolute Gasteiger partial charge is 0.468 e. The zero-order valence-electron chi connectivity index (χ0n) is 7.72. The van der Waals surface area contributed by atoms with Crippen LogP contribution in [0, 0.1) is 11.3 Å². The van der Waals surface area contributed by atoms with Gasteiger partial charge < -0.3 is 4.74 Å². The molecule has 0 radical (unpaired) electrons. The van der Waals surface area contributed by atoms with E-state index in [4.69, 9.17) is 0 Å². The third-order valence-electron chi connectivity index (χ3n) is 2.28. The van der Waals surface area contributed by atoms with Gasteiger partial charge in [0.05, 0.1) is 7.11 Å². The summed E-state index contributed by atoms with van der Waals surface area (Å²) in [6, 6.07) is 0. The minimum Gasteiger partial charge on any atom is -0.468 e. The predicted octanol–water partition coefficient (Wildman–Crippen LogP) is 1.16. The summed E-state index contributed by atoms with van der Waals surface area (Å²) in [7, 11) is 1.32. The highest BCUT2D eigenvalue weighted by Crippen LogP contribution is 2.38. The quantitative estimate of drug-likeness (QED) is 0.438. The molecule has 0 aromatic carbocycles. The van der Waals surface area contributed by atoms with Gasteiger partial charge in [0.2, 0.25) is 0 Å². The predicted molar refractivity (Wildman–Crippen MR) is 43.5 cm³/mol. The molecule has 1 atom stereocenters. The number of Topliss-reactive ketones (excluding diaryl/α,β-unsaturated/α-hetero) is 1. The van der Waals surface area contributed by atoms with Crippen molar-refractivity contribution in [3.05, 3.63) is 0 Å². The van der Waals surface area contributed by atoms with Gasteiger partial charge in [-0.05, 0) is 11.8 Å². The molecule has 1 aliphatic rings. The molecule has 3 heteroatoms. The fourth-order valence-electron chi connectivity index (χ4n) is 1.69. The maximum absolute atomic E-state index is 11.3. The first-order valence-corrected chi connectivity index (χ1v) is 4.07. The van der Waals surface area contributed by atoms with Crippen LogP contribution in [0.4, 0.5) is 0 Å². The highest BCUT2D eigenvalue weighted by molar-refractivity contribution is 6.00. The topological polar surface area (TPSA) is 43.4 Å². The fourth-order valence-corrected chi connectivity index (χ4v) is 1.69. The van der Waals surface area contributed by atoms with Gasteiger partial charge in [0.1, 0.15) is 11.7 Å². The van der Waals surface area contributed by atoms with Gasteiger partial charge >= 0.3 is 5.97 Å². The van der Waals surface area contributed by atoms with Gasteiger partial charge in [0.15, 0.2) is 0 Å². The number of carbonyl (C=O) groups is 2. The average Bonchev–Trinajstić information content (AvgIpc) is 2.23. The molecule has 0 aromatic heterocycles. The minimum absolute atomic E-state index is 0.0202. The van der Waals surface area contributed by atoms with Crippen molar-refractivity contribution in [2.75, 3.05) is 7.11 Å². The van der Waals surface area contributed by atoms with E-state index in [0.29, 0.717) is 12.8 Å². The van der Waals surface area contributed by atoms with Gasteiger partial charge in [-0.2, -0.15) is 0 Å². The number of rotatable bonds is 1. The highest BCUT2D eigenvalue weighted by atomic mass is 16.5. The summed E-state index contributed by atoms with van der Waals surface area (Å²) in [5.41, 5.74) is -0.0318. The van der Waals surface area contributed by atoms with Gasteiger partial charge in [0, 0.05) is 6.42 Å². The van der Waals surface area contributed by atoms with Crippen LogP contribution in [-0.2, 0) is 14.3 Å². The van der Waals surface area contributed by atoms with E-state index in [9.17, 15) is 9.59 Å². The van der Waals surface area contributed by atoms with E-state index in [2.05, 4.69) is 4.74 Å². The summed E-state index contributed by atoms with van der Waals surface area (Å²) >= 11 is 0. The van der Waals surface area contributed by atoms with E-state index in [-0.39, 0.29) is 17.2 Å². The monoisotopic (exact) mass is 170 g/mol. The zero-order chi connectivity index (χ0) is 9.35. The highest BCUT2D eigenvalue weighted by Gasteiger charge is 2.42. The zero-order valence-corrected chi connectivity index (χ0v) is 7.72. The number of ether oxygens (including phenoxy) is 1. The summed E-state index contributed by atoms with van der Waals surface area (Å²) < 4.78 is 4.54. The summed E-state index contributed by atoms with van der Waals surface area (Å²) in [5, 5.41) is 0. The Bertz CT molecular complexity index is 218. The van der Waals surface area contributed by atoms with E-state index >= 15 is 0 Å². The number of carbonyl (C=O) groups excluding carboxylic acids is 2. The molecule has 0 amide bonds. The molecular formula is C9H14O3. The van der Waals surface area contributed by atoms with Crippen molar-refractivity contribution in [2.45, 2.75) is 26.7 Å². The van der Waals surface area contributed by atoms with Crippen LogP contribution in [0.5, 0.6) is 0 Å². The molecule has 1 fully saturated rings. The second kappa shape index (κ2) is 2.88. The molecular weight excluding hydrogens is 156 g/mol. The lowest BCUT2D eigenvalue weighted by Crippen LogP contribution is -2.19. The molecule has 0 bridgehead atoms. The average molecular weight is 170 g/mol. The first-order valence-electron chi connectivity index (χ1n) is 4.07. The van der Waals surface area contributed by atoms with E-state index in [1.165, 1.54) is 7.11 Å². The number of hydrogen-bond acceptors (Lipinski definition) is 3. The second-order valence-corrected chi connectivity index (χ2v) is 4.09. The molecule has 3 nitrogen and oxygen atoms in total. The van der Waals surface area contributed by atoms with Crippen molar-refractivity contribution >= 4 is 11.8 Å². The van der Waals surface area contributed by atoms with Gasteiger partial charge in [-0.25, -0.2) is 0 Å². The van der Waals surface area contributed by atoms with Gasteiger partial charge in [-0.1, -0.05) is 13.8 Å².